The molecule has 0 aliphatic carbocycles. The molecule has 0 spiro atoms. The zero-order valence-electron chi connectivity index (χ0n) is 7.76. The molecule has 1 fully saturated rings. The molecule has 0 aromatic rings. The molecule has 2 atom stereocenters. The van der Waals surface area contributed by atoms with Gasteiger partial charge >= 0.3 is 5.97 Å². The Morgan fingerprint density at radius 3 is 2.71 bits per heavy atom. The second-order valence-corrected chi connectivity index (χ2v) is 4.99. The van der Waals surface area contributed by atoms with Crippen LogP contribution in [0.3, 0.4) is 0 Å². The lowest BCUT2D eigenvalue weighted by molar-refractivity contribution is -0.139. The van der Waals surface area contributed by atoms with E-state index in [4.69, 9.17) is 0 Å². The number of hydrogen-bond acceptors (Lipinski definition) is 5. The van der Waals surface area contributed by atoms with E-state index in [1.807, 2.05) is 0 Å². The molecule has 1 aliphatic heterocycles. The van der Waals surface area contributed by atoms with E-state index in [2.05, 4.69) is 9.46 Å². The SMILES string of the molecule is CCCS(=O)(=O)NC1C(=O)OCC1O. The second kappa shape index (κ2) is 4.24. The minimum Gasteiger partial charge on any atom is -0.462 e. The average molecular weight is 223 g/mol. The number of aliphatic hydroxyl groups excluding tert-OH is 1. The van der Waals surface area contributed by atoms with Crippen LogP contribution in [0.5, 0.6) is 0 Å². The number of nitrogens with one attached hydrogen (secondary N) is 1. The lowest BCUT2D eigenvalue weighted by atomic mass is 10.2. The van der Waals surface area contributed by atoms with Gasteiger partial charge < -0.3 is 9.84 Å². The Balaban J connectivity index is 2.63. The summed E-state index contributed by atoms with van der Waals surface area (Å²) in [5.41, 5.74) is 0. The molecule has 1 rings (SSSR count). The van der Waals surface area contributed by atoms with E-state index in [1.165, 1.54) is 0 Å². The second-order valence-electron chi connectivity index (χ2n) is 3.11. The number of carbonyl (C=O) groups excluding carboxylic acids is 1. The molecule has 2 unspecified atom stereocenters. The van der Waals surface area contributed by atoms with Crippen molar-refractivity contribution in [3.63, 3.8) is 0 Å². The third-order valence-electron chi connectivity index (χ3n) is 1.81. The molecule has 1 heterocycles. The van der Waals surface area contributed by atoms with Gasteiger partial charge in [-0.3, -0.25) is 4.79 Å². The maximum atomic E-state index is 11.2. The highest BCUT2D eigenvalue weighted by Gasteiger charge is 2.38. The van der Waals surface area contributed by atoms with Gasteiger partial charge in [-0.1, -0.05) is 6.92 Å². The maximum absolute atomic E-state index is 11.2. The maximum Gasteiger partial charge on any atom is 0.327 e. The summed E-state index contributed by atoms with van der Waals surface area (Å²) in [4.78, 5) is 11.0. The molecule has 0 bridgehead atoms. The minimum atomic E-state index is -3.49. The van der Waals surface area contributed by atoms with Crippen LogP contribution >= 0.6 is 0 Å². The Bertz CT molecular complexity index is 312. The molecule has 7 heteroatoms. The fraction of sp³-hybridized carbons (Fsp3) is 0.857. The van der Waals surface area contributed by atoms with E-state index < -0.39 is 28.1 Å². The van der Waals surface area contributed by atoms with E-state index in [1.54, 1.807) is 6.92 Å². The lowest BCUT2D eigenvalue weighted by Crippen LogP contribution is -2.45. The smallest absolute Gasteiger partial charge is 0.327 e. The molecule has 0 aromatic carbocycles. The predicted octanol–water partition coefficient (Wildman–Crippen LogP) is -1.40. The van der Waals surface area contributed by atoms with Gasteiger partial charge in [0.25, 0.3) is 0 Å². The highest BCUT2D eigenvalue weighted by Crippen LogP contribution is 2.08. The quantitative estimate of drug-likeness (QED) is 0.572. The van der Waals surface area contributed by atoms with Crippen LogP contribution in [0.25, 0.3) is 0 Å². The first-order valence-electron chi connectivity index (χ1n) is 4.31. The fourth-order valence-corrected chi connectivity index (χ4v) is 2.45. The number of ether oxygens (including phenoxy) is 1. The molecule has 2 N–H and O–H groups in total. The summed E-state index contributed by atoms with van der Waals surface area (Å²) in [6, 6.07) is -1.15. The van der Waals surface area contributed by atoms with Crippen molar-refractivity contribution in [2.75, 3.05) is 12.4 Å². The summed E-state index contributed by atoms with van der Waals surface area (Å²) in [7, 11) is -3.49. The number of hydrogen-bond donors (Lipinski definition) is 2. The van der Waals surface area contributed by atoms with Crippen LogP contribution in [-0.4, -0.2) is 44.0 Å². The van der Waals surface area contributed by atoms with Crippen LogP contribution in [0.4, 0.5) is 0 Å². The van der Waals surface area contributed by atoms with E-state index in [0.717, 1.165) is 0 Å². The van der Waals surface area contributed by atoms with Crippen molar-refractivity contribution in [1.82, 2.24) is 4.72 Å². The molecule has 0 saturated carbocycles. The van der Waals surface area contributed by atoms with E-state index >= 15 is 0 Å². The fourth-order valence-electron chi connectivity index (χ4n) is 1.16. The first-order valence-corrected chi connectivity index (χ1v) is 5.96. The Kier molecular flexibility index (Phi) is 3.46. The molecule has 0 amide bonds. The first-order chi connectivity index (χ1) is 6.46. The number of sulfonamides is 1. The van der Waals surface area contributed by atoms with Crippen LogP contribution < -0.4 is 4.72 Å². The molecule has 1 aliphatic rings. The topological polar surface area (TPSA) is 92.7 Å². The molecular weight excluding hydrogens is 210 g/mol. The average Bonchev–Trinajstić information content (AvgIpc) is 2.35. The van der Waals surface area contributed by atoms with Crippen LogP contribution in [0.2, 0.25) is 0 Å². The predicted molar refractivity (Wildman–Crippen MR) is 48.0 cm³/mol. The third-order valence-corrected chi connectivity index (χ3v) is 3.37. The van der Waals surface area contributed by atoms with E-state index in [0.29, 0.717) is 6.42 Å². The summed E-state index contributed by atoms with van der Waals surface area (Å²) in [6.07, 6.45) is -0.637. The van der Waals surface area contributed by atoms with Gasteiger partial charge in [-0.2, -0.15) is 4.72 Å². The normalized spacial score (nSPS) is 27.7. The van der Waals surface area contributed by atoms with Crippen LogP contribution in [0.15, 0.2) is 0 Å². The Morgan fingerprint density at radius 2 is 2.29 bits per heavy atom. The summed E-state index contributed by atoms with van der Waals surface area (Å²) in [6.45, 7) is 1.56. The molecule has 6 nitrogen and oxygen atoms in total. The zero-order valence-corrected chi connectivity index (χ0v) is 8.58. The monoisotopic (exact) mass is 223 g/mol. The van der Waals surface area contributed by atoms with Crippen LogP contribution in [0.1, 0.15) is 13.3 Å². The van der Waals surface area contributed by atoms with Gasteiger partial charge in [0.05, 0.1) is 5.75 Å². The Labute approximate surface area is 82.3 Å². The van der Waals surface area contributed by atoms with Crippen molar-refractivity contribution in [1.29, 1.82) is 0 Å². The summed E-state index contributed by atoms with van der Waals surface area (Å²) in [5, 5.41) is 9.22. The zero-order chi connectivity index (χ0) is 10.8. The third kappa shape index (κ3) is 2.66. The number of carbonyl (C=O) groups is 1. The van der Waals surface area contributed by atoms with Crippen molar-refractivity contribution in [3.8, 4) is 0 Å². The van der Waals surface area contributed by atoms with Gasteiger partial charge in [-0.25, -0.2) is 8.42 Å². The number of esters is 1. The van der Waals surface area contributed by atoms with Gasteiger partial charge in [-0.15, -0.1) is 0 Å². The largest absolute Gasteiger partial charge is 0.462 e. The molecule has 14 heavy (non-hydrogen) atoms. The Morgan fingerprint density at radius 1 is 1.64 bits per heavy atom. The molecule has 0 aromatic heterocycles. The number of aliphatic hydroxyl groups is 1. The highest BCUT2D eigenvalue weighted by atomic mass is 32.2. The van der Waals surface area contributed by atoms with Crippen LogP contribution in [0, 0.1) is 0 Å². The lowest BCUT2D eigenvalue weighted by Gasteiger charge is -2.11. The van der Waals surface area contributed by atoms with Crippen molar-refractivity contribution in [3.05, 3.63) is 0 Å². The van der Waals surface area contributed by atoms with Crippen LogP contribution in [-0.2, 0) is 19.6 Å². The van der Waals surface area contributed by atoms with Crippen molar-refractivity contribution >= 4 is 16.0 Å². The van der Waals surface area contributed by atoms with Gasteiger partial charge in [-0.05, 0) is 6.42 Å². The van der Waals surface area contributed by atoms with Crippen molar-refractivity contribution in [2.24, 2.45) is 0 Å². The number of cyclic esters (lactones) is 1. The summed E-state index contributed by atoms with van der Waals surface area (Å²) in [5.74, 6) is -0.791. The molecule has 1 saturated heterocycles. The first kappa shape index (κ1) is 11.4. The van der Waals surface area contributed by atoms with E-state index in [-0.39, 0.29) is 12.4 Å². The van der Waals surface area contributed by atoms with Gasteiger partial charge in [0.2, 0.25) is 10.0 Å². The van der Waals surface area contributed by atoms with Gasteiger partial charge in [0, 0.05) is 0 Å². The Hall–Kier alpha value is -0.660. The highest BCUT2D eigenvalue weighted by molar-refractivity contribution is 7.89. The summed E-state index contributed by atoms with van der Waals surface area (Å²) >= 11 is 0. The molecule has 82 valence electrons. The van der Waals surface area contributed by atoms with Gasteiger partial charge in [0.1, 0.15) is 18.8 Å². The molecular formula is C7H13NO5S. The van der Waals surface area contributed by atoms with Gasteiger partial charge in [0.15, 0.2) is 0 Å². The standard InChI is InChI=1S/C7H13NO5S/c1-2-3-14(11,12)8-6-5(9)4-13-7(6)10/h5-6,8-9H,2-4H2,1H3. The minimum absolute atomic E-state index is 0.0660. The van der Waals surface area contributed by atoms with E-state index in [9.17, 15) is 18.3 Å². The molecule has 0 radical (unpaired) electrons. The van der Waals surface area contributed by atoms with Crippen molar-refractivity contribution in [2.45, 2.75) is 25.5 Å². The summed E-state index contributed by atoms with van der Waals surface area (Å²) < 4.78 is 29.1. The number of rotatable bonds is 4. The van der Waals surface area contributed by atoms with Crippen molar-refractivity contribution < 1.29 is 23.1 Å².